The Balaban J connectivity index is 6.44. The van der Waals surface area contributed by atoms with Crippen LogP contribution in [0.1, 0.15) is 0 Å². The monoisotopic (exact) mass is 360 g/mol. The fourth-order valence-corrected chi connectivity index (χ4v) is 1.46. The Morgan fingerprint density at radius 3 is 1.24 bits per heavy atom. The van der Waals surface area contributed by atoms with Gasteiger partial charge in [0.1, 0.15) is 0 Å². The average molecular weight is 360 g/mol. The summed E-state index contributed by atoms with van der Waals surface area (Å²) in [5.41, 5.74) is 0. The molecule has 0 radical (unpaired) electrons. The molecule has 0 aliphatic carbocycles. The molecule has 21 heavy (non-hydrogen) atoms. The van der Waals surface area contributed by atoms with Crippen molar-refractivity contribution < 1.29 is 61.7 Å². The maximum atomic E-state index is 13.1. The molecule has 0 fully saturated rings. The second-order valence-electron chi connectivity index (χ2n) is 3.46. The number of carbonyl (C=O) groups excluding carboxylic acids is 1. The van der Waals surface area contributed by atoms with Gasteiger partial charge in [-0.15, -0.1) is 0 Å². The minimum Gasteiger partial charge on any atom is -0.298 e. The van der Waals surface area contributed by atoms with E-state index in [1.54, 1.807) is 0 Å². The van der Waals surface area contributed by atoms with E-state index < -0.39 is 45.3 Å². The van der Waals surface area contributed by atoms with Gasteiger partial charge in [-0.25, -0.2) is 4.39 Å². The molecule has 1 unspecified atom stereocenters. The first-order valence-electron chi connectivity index (χ1n) is 4.13. The highest BCUT2D eigenvalue weighted by Gasteiger charge is 2.88. The molecule has 0 aromatic heterocycles. The fourth-order valence-electron chi connectivity index (χ4n) is 0.886. The molecule has 0 aliphatic rings. The quantitative estimate of drug-likeness (QED) is 0.464. The topological polar surface area (TPSA) is 71.4 Å². The second-order valence-corrected chi connectivity index (χ2v) is 5.00. The van der Waals surface area contributed by atoms with Crippen molar-refractivity contribution in [2.24, 2.45) is 0 Å². The van der Waals surface area contributed by atoms with E-state index in [9.17, 15) is 57.1 Å². The summed E-state index contributed by atoms with van der Waals surface area (Å²) in [7, 11) is -7.13. The van der Waals surface area contributed by atoms with Crippen molar-refractivity contribution in [1.82, 2.24) is 0 Å². The standard InChI is InChI=1S/C6H2F10O4S/c7-2(1-17,21(18,19)20)3(8,9)4(10,11)5(12,13)6(14,15)16/h1H,(H,18,19,20). The van der Waals surface area contributed by atoms with E-state index in [0.29, 0.717) is 0 Å². The summed E-state index contributed by atoms with van der Waals surface area (Å²) in [6.07, 6.45) is -9.58. The lowest BCUT2D eigenvalue weighted by atomic mass is 10.00. The van der Waals surface area contributed by atoms with Crippen LogP contribution in [-0.4, -0.2) is 48.2 Å². The molecule has 0 aromatic rings. The van der Waals surface area contributed by atoms with Crippen LogP contribution in [0.4, 0.5) is 43.9 Å². The number of carbonyl (C=O) groups is 1. The number of alkyl halides is 10. The Labute approximate surface area is 108 Å². The molecule has 4 nitrogen and oxygen atoms in total. The minimum absolute atomic E-state index is 2.23. The van der Waals surface area contributed by atoms with Crippen LogP contribution >= 0.6 is 0 Å². The van der Waals surface area contributed by atoms with Gasteiger partial charge in [-0.3, -0.25) is 9.35 Å². The normalized spacial score (nSPS) is 18.2. The number of halogens is 10. The zero-order valence-electron chi connectivity index (χ0n) is 8.94. The van der Waals surface area contributed by atoms with Crippen molar-refractivity contribution in [2.45, 2.75) is 28.9 Å². The van der Waals surface area contributed by atoms with E-state index in [1.807, 2.05) is 0 Å². The van der Waals surface area contributed by atoms with Crippen molar-refractivity contribution >= 4 is 16.4 Å². The number of hydrogen-bond donors (Lipinski definition) is 1. The van der Waals surface area contributed by atoms with Crippen LogP contribution in [-0.2, 0) is 14.9 Å². The summed E-state index contributed by atoms with van der Waals surface area (Å²) in [5, 5.41) is -6.43. The third-order valence-corrected chi connectivity index (χ3v) is 3.20. The molecule has 0 spiro atoms. The molecule has 1 atom stereocenters. The van der Waals surface area contributed by atoms with E-state index in [0.717, 1.165) is 0 Å². The van der Waals surface area contributed by atoms with Crippen LogP contribution in [0.3, 0.4) is 0 Å². The molecular formula is C6H2F10O4S. The highest BCUT2D eigenvalue weighted by molar-refractivity contribution is 7.87. The predicted octanol–water partition coefficient (Wildman–Crippen LogP) is 2.21. The van der Waals surface area contributed by atoms with Crippen molar-refractivity contribution in [3.63, 3.8) is 0 Å². The van der Waals surface area contributed by atoms with Crippen LogP contribution in [0.2, 0.25) is 0 Å². The number of rotatable bonds is 5. The van der Waals surface area contributed by atoms with Gasteiger partial charge < -0.3 is 0 Å². The van der Waals surface area contributed by atoms with Crippen molar-refractivity contribution in [1.29, 1.82) is 0 Å². The molecule has 0 rings (SSSR count). The lowest BCUT2D eigenvalue weighted by Gasteiger charge is -2.36. The molecule has 1 N–H and O–H groups in total. The van der Waals surface area contributed by atoms with Gasteiger partial charge in [0.2, 0.25) is 0 Å². The molecule has 0 amide bonds. The van der Waals surface area contributed by atoms with Gasteiger partial charge in [0.25, 0.3) is 0 Å². The molecule has 0 saturated carbocycles. The van der Waals surface area contributed by atoms with Crippen LogP contribution in [0.25, 0.3) is 0 Å². The summed E-state index contributed by atoms with van der Waals surface area (Å²) < 4.78 is 152. The van der Waals surface area contributed by atoms with Gasteiger partial charge in [0, 0.05) is 0 Å². The maximum absolute atomic E-state index is 13.1. The SMILES string of the molecule is O=CC(F)(C(F)(F)C(F)(F)C(F)(F)C(F)(F)F)S(=O)(=O)O. The first kappa shape index (κ1) is 19.9. The zero-order chi connectivity index (χ0) is 17.7. The van der Waals surface area contributed by atoms with E-state index in [2.05, 4.69) is 0 Å². The molecule has 0 aliphatic heterocycles. The number of hydrogen-bond acceptors (Lipinski definition) is 3. The molecular weight excluding hydrogens is 358 g/mol. The maximum Gasteiger partial charge on any atom is 0.460 e. The smallest absolute Gasteiger partial charge is 0.298 e. The molecule has 126 valence electrons. The minimum atomic E-state index is -7.72. The largest absolute Gasteiger partial charge is 0.460 e. The van der Waals surface area contributed by atoms with Gasteiger partial charge >= 0.3 is 39.1 Å². The summed E-state index contributed by atoms with van der Waals surface area (Å²) in [6, 6.07) is 0. The molecule has 15 heteroatoms. The highest BCUT2D eigenvalue weighted by atomic mass is 32.2. The average Bonchev–Trinajstić information content (AvgIpc) is 2.23. The number of aldehydes is 1. The third kappa shape index (κ3) is 2.45. The first-order valence-corrected chi connectivity index (χ1v) is 5.57. The van der Waals surface area contributed by atoms with Gasteiger partial charge in [0.15, 0.2) is 6.29 Å². The van der Waals surface area contributed by atoms with Gasteiger partial charge in [-0.2, -0.15) is 47.9 Å². The zero-order valence-corrected chi connectivity index (χ0v) is 9.75. The van der Waals surface area contributed by atoms with E-state index in [4.69, 9.17) is 4.55 Å². The molecule has 0 bridgehead atoms. The van der Waals surface area contributed by atoms with Crippen molar-refractivity contribution in [3.8, 4) is 0 Å². The molecule has 0 aromatic carbocycles. The Bertz CT molecular complexity index is 522. The Hall–Kier alpha value is -1.12. The van der Waals surface area contributed by atoms with Crippen LogP contribution in [0, 0.1) is 0 Å². The summed E-state index contributed by atoms with van der Waals surface area (Å²) in [4.78, 5) is 9.89. The Morgan fingerprint density at radius 2 is 1.05 bits per heavy atom. The summed E-state index contributed by atoms with van der Waals surface area (Å²) in [6.45, 7) is 0. The van der Waals surface area contributed by atoms with Crippen molar-refractivity contribution in [2.75, 3.05) is 0 Å². The molecule has 0 heterocycles. The Morgan fingerprint density at radius 1 is 0.714 bits per heavy atom. The van der Waals surface area contributed by atoms with Crippen LogP contribution in [0.15, 0.2) is 0 Å². The summed E-state index contributed by atoms with van der Waals surface area (Å²) >= 11 is 0. The van der Waals surface area contributed by atoms with Crippen molar-refractivity contribution in [3.05, 3.63) is 0 Å². The van der Waals surface area contributed by atoms with E-state index >= 15 is 0 Å². The first-order chi connectivity index (χ1) is 8.81. The van der Waals surface area contributed by atoms with Gasteiger partial charge in [-0.05, 0) is 0 Å². The summed E-state index contributed by atoms with van der Waals surface area (Å²) in [5.74, 6) is -22.8. The highest BCUT2D eigenvalue weighted by Crippen LogP contribution is 2.57. The van der Waals surface area contributed by atoms with Crippen LogP contribution < -0.4 is 0 Å². The third-order valence-electron chi connectivity index (χ3n) is 2.10. The molecule has 0 saturated heterocycles. The lowest BCUT2D eigenvalue weighted by Crippen LogP contribution is -2.69. The van der Waals surface area contributed by atoms with E-state index in [1.165, 1.54) is 0 Å². The predicted molar refractivity (Wildman–Crippen MR) is 42.3 cm³/mol. The second kappa shape index (κ2) is 4.69. The fraction of sp³-hybridized carbons (Fsp3) is 0.833. The Kier molecular flexibility index (Phi) is 4.44. The lowest BCUT2D eigenvalue weighted by molar-refractivity contribution is -0.403. The van der Waals surface area contributed by atoms with Gasteiger partial charge in [-0.1, -0.05) is 0 Å². The van der Waals surface area contributed by atoms with Crippen LogP contribution in [0.5, 0.6) is 0 Å². The van der Waals surface area contributed by atoms with Gasteiger partial charge in [0.05, 0.1) is 0 Å². The van der Waals surface area contributed by atoms with E-state index in [-0.39, 0.29) is 0 Å².